The predicted octanol–water partition coefficient (Wildman–Crippen LogP) is 16.7. The molecule has 4 heteroatoms. The fraction of sp³-hybridized carbons (Fsp3) is 0.556. The second-order valence-corrected chi connectivity index (χ2v) is 17.1. The van der Waals surface area contributed by atoms with E-state index in [2.05, 4.69) is 124 Å². The second kappa shape index (κ2) is 30.2. The van der Waals surface area contributed by atoms with E-state index in [9.17, 15) is 10.2 Å². The zero-order valence-electron chi connectivity index (χ0n) is 39.4. The quantitative estimate of drug-likeness (QED) is 0.0655. The number of ether oxygens (including phenoxy) is 2. The Morgan fingerprint density at radius 1 is 0.379 bits per heavy atom. The van der Waals surface area contributed by atoms with Gasteiger partial charge in [0.05, 0.1) is 14.2 Å². The lowest BCUT2D eigenvalue weighted by Crippen LogP contribution is -1.98. The first-order valence-corrected chi connectivity index (χ1v) is 22.1. The topological polar surface area (TPSA) is 58.9 Å². The Hall–Kier alpha value is -3.92. The third kappa shape index (κ3) is 22.9. The molecule has 0 unspecified atom stereocenters. The van der Waals surface area contributed by atoms with Crippen LogP contribution in [0.25, 0.3) is 0 Å². The minimum Gasteiger partial charge on any atom is -0.504 e. The van der Waals surface area contributed by atoms with Crippen molar-refractivity contribution >= 4 is 0 Å². The van der Waals surface area contributed by atoms with Crippen LogP contribution in [0.5, 0.6) is 23.0 Å². The summed E-state index contributed by atoms with van der Waals surface area (Å²) in [5.41, 5.74) is 14.4. The lowest BCUT2D eigenvalue weighted by molar-refractivity contribution is 0.314. The minimum absolute atomic E-state index is 0.00647. The number of phenols is 2. The molecule has 0 saturated carbocycles. The molecule has 58 heavy (non-hydrogen) atoms. The molecule has 0 atom stereocenters. The van der Waals surface area contributed by atoms with E-state index >= 15 is 0 Å². The Kier molecular flexibility index (Phi) is 27.1. The summed E-state index contributed by atoms with van der Waals surface area (Å²) in [5, 5.41) is 21.3. The van der Waals surface area contributed by atoms with Crippen LogP contribution in [-0.2, 0) is 6.42 Å². The smallest absolute Gasteiger partial charge is 0.207 e. The monoisotopic (exact) mass is 797 g/mol. The summed E-state index contributed by atoms with van der Waals surface area (Å²) in [4.78, 5) is 0. The predicted molar refractivity (Wildman–Crippen MR) is 255 cm³/mol. The Balaban J connectivity index is 2.34. The SMILES string of the molecule is COc1c(O)c(C)c(C/C=C(\C)CC/C=C(\C)CC/C=C(\C)CC/C=C(\C)CC/C=C(\C)CC/C=C(\C)CC/C=C(\C)CC/C=C(\C)CCC=C(C)C)c(O)c1OC. The van der Waals surface area contributed by atoms with E-state index in [-0.39, 0.29) is 23.0 Å². The van der Waals surface area contributed by atoms with Crippen LogP contribution in [0.4, 0.5) is 0 Å². The van der Waals surface area contributed by atoms with Gasteiger partial charge in [0.15, 0.2) is 11.5 Å². The largest absolute Gasteiger partial charge is 0.504 e. The van der Waals surface area contributed by atoms with Gasteiger partial charge in [-0.15, -0.1) is 0 Å². The van der Waals surface area contributed by atoms with Crippen LogP contribution >= 0.6 is 0 Å². The number of benzene rings is 1. The van der Waals surface area contributed by atoms with Crippen molar-refractivity contribution in [3.63, 3.8) is 0 Å². The van der Waals surface area contributed by atoms with Crippen molar-refractivity contribution in [1.82, 2.24) is 0 Å². The molecule has 4 nitrogen and oxygen atoms in total. The lowest BCUT2D eigenvalue weighted by Gasteiger charge is -2.17. The van der Waals surface area contributed by atoms with Crippen LogP contribution in [0.3, 0.4) is 0 Å². The number of hydrogen-bond donors (Lipinski definition) is 2. The van der Waals surface area contributed by atoms with Gasteiger partial charge in [-0.3, -0.25) is 0 Å². The molecular weight excluding hydrogens is 713 g/mol. The zero-order chi connectivity index (χ0) is 43.5. The van der Waals surface area contributed by atoms with Gasteiger partial charge in [0.2, 0.25) is 11.5 Å². The Bertz CT molecular complexity index is 1680. The highest BCUT2D eigenvalue weighted by Crippen LogP contribution is 2.48. The van der Waals surface area contributed by atoms with Gasteiger partial charge in [0, 0.05) is 11.1 Å². The standard InChI is InChI=1S/C54H84O4/c1-40(2)22-14-23-41(3)24-15-25-42(4)26-16-27-43(5)28-17-29-44(6)30-18-31-45(7)32-19-33-46(8)34-20-35-47(9)36-21-37-48(10)38-39-50-49(11)51(55)53(57-12)54(58-13)52(50)56/h22,24,26,28,30,32,34,36,38,55-56H,14-21,23,25,27,29,31,33,35,37,39H2,1-13H3/b41-24+,42-26+,43-28+,44-30+,45-32+,46-34+,47-36+,48-38+. The first-order chi connectivity index (χ1) is 27.6. The zero-order valence-corrected chi connectivity index (χ0v) is 39.4. The van der Waals surface area contributed by atoms with Gasteiger partial charge < -0.3 is 19.7 Å². The number of methoxy groups -OCH3 is 2. The molecule has 1 rings (SSSR count). The molecule has 0 bridgehead atoms. The van der Waals surface area contributed by atoms with Crippen LogP contribution in [-0.4, -0.2) is 24.4 Å². The minimum atomic E-state index is 0.00647. The molecule has 0 aliphatic rings. The van der Waals surface area contributed by atoms with Gasteiger partial charge in [-0.2, -0.15) is 0 Å². The lowest BCUT2D eigenvalue weighted by atomic mass is 9.99. The highest BCUT2D eigenvalue weighted by molar-refractivity contribution is 5.66. The molecule has 1 aromatic rings. The highest BCUT2D eigenvalue weighted by atomic mass is 16.5. The molecule has 2 N–H and O–H groups in total. The van der Waals surface area contributed by atoms with Crippen LogP contribution in [0, 0.1) is 6.92 Å². The fourth-order valence-corrected chi connectivity index (χ4v) is 6.98. The third-order valence-electron chi connectivity index (χ3n) is 11.1. The number of rotatable bonds is 28. The van der Waals surface area contributed by atoms with Crippen LogP contribution < -0.4 is 9.47 Å². The van der Waals surface area contributed by atoms with E-state index in [1.54, 1.807) is 6.92 Å². The molecule has 324 valence electrons. The average Bonchev–Trinajstić information content (AvgIpc) is 3.16. The maximum atomic E-state index is 10.7. The van der Waals surface area contributed by atoms with Gasteiger partial charge in [-0.25, -0.2) is 0 Å². The molecule has 0 amide bonds. The molecule has 0 fully saturated rings. The first-order valence-electron chi connectivity index (χ1n) is 22.1. The van der Waals surface area contributed by atoms with Gasteiger partial charge in [-0.05, 0) is 185 Å². The summed E-state index contributed by atoms with van der Waals surface area (Å²) in [6, 6.07) is 0. The fourth-order valence-electron chi connectivity index (χ4n) is 6.98. The van der Waals surface area contributed by atoms with Gasteiger partial charge in [0.25, 0.3) is 0 Å². The van der Waals surface area contributed by atoms with Crippen molar-refractivity contribution in [3.8, 4) is 23.0 Å². The van der Waals surface area contributed by atoms with Crippen LogP contribution in [0.2, 0.25) is 0 Å². The van der Waals surface area contributed by atoms with Crippen molar-refractivity contribution in [2.45, 2.75) is 185 Å². The Labute approximate surface area is 357 Å². The molecule has 0 aliphatic heterocycles. The Morgan fingerprint density at radius 2 is 0.621 bits per heavy atom. The van der Waals surface area contributed by atoms with Gasteiger partial charge in [0.1, 0.15) is 0 Å². The summed E-state index contributed by atoms with van der Waals surface area (Å²) in [7, 11) is 2.91. The van der Waals surface area contributed by atoms with E-state index in [1.165, 1.54) is 83.6 Å². The maximum Gasteiger partial charge on any atom is 0.207 e. The number of phenolic OH excluding ortho intramolecular Hbond substituents is 2. The van der Waals surface area contributed by atoms with E-state index in [1.807, 2.05) is 0 Å². The number of hydrogen-bond acceptors (Lipinski definition) is 4. The van der Waals surface area contributed by atoms with Crippen molar-refractivity contribution in [1.29, 1.82) is 0 Å². The number of allylic oxidation sites excluding steroid dienone is 18. The summed E-state index contributed by atoms with van der Waals surface area (Å²) in [5.74, 6) is 0.356. The normalized spacial score (nSPS) is 14.0. The van der Waals surface area contributed by atoms with Crippen molar-refractivity contribution in [3.05, 3.63) is 116 Å². The molecule has 0 aromatic heterocycles. The molecule has 1 aromatic carbocycles. The number of aromatic hydroxyl groups is 2. The average molecular weight is 797 g/mol. The van der Waals surface area contributed by atoms with Crippen molar-refractivity contribution in [2.75, 3.05) is 14.2 Å². The van der Waals surface area contributed by atoms with E-state index < -0.39 is 0 Å². The molecule has 0 aliphatic carbocycles. The molecule has 0 heterocycles. The van der Waals surface area contributed by atoms with Crippen LogP contribution in [0.1, 0.15) is 183 Å². The first kappa shape index (κ1) is 52.1. The molecule has 0 radical (unpaired) electrons. The molecule has 0 saturated heterocycles. The Morgan fingerprint density at radius 3 is 0.879 bits per heavy atom. The van der Waals surface area contributed by atoms with Crippen molar-refractivity contribution < 1.29 is 19.7 Å². The summed E-state index contributed by atoms with van der Waals surface area (Å²) < 4.78 is 10.5. The summed E-state index contributed by atoms with van der Waals surface area (Å²) >= 11 is 0. The van der Waals surface area contributed by atoms with Crippen LogP contribution in [0.15, 0.2) is 105 Å². The third-order valence-corrected chi connectivity index (χ3v) is 11.1. The summed E-state index contributed by atoms with van der Waals surface area (Å²) in [6.07, 6.45) is 39.9. The van der Waals surface area contributed by atoms with Gasteiger partial charge in [-0.1, -0.05) is 105 Å². The molecular formula is C54H84O4. The van der Waals surface area contributed by atoms with E-state index in [0.717, 1.165) is 83.5 Å². The van der Waals surface area contributed by atoms with E-state index in [0.29, 0.717) is 17.5 Å². The van der Waals surface area contributed by atoms with E-state index in [4.69, 9.17) is 9.47 Å². The maximum absolute atomic E-state index is 10.7. The molecule has 0 spiro atoms. The summed E-state index contributed by atoms with van der Waals surface area (Å²) in [6.45, 7) is 24.2. The highest BCUT2D eigenvalue weighted by Gasteiger charge is 2.22. The second-order valence-electron chi connectivity index (χ2n) is 17.1. The van der Waals surface area contributed by atoms with Crippen molar-refractivity contribution in [2.24, 2.45) is 0 Å². The van der Waals surface area contributed by atoms with Gasteiger partial charge >= 0.3 is 0 Å².